The van der Waals surface area contributed by atoms with Crippen molar-refractivity contribution in [2.75, 3.05) is 13.1 Å². The second-order valence-electron chi connectivity index (χ2n) is 5.74. The van der Waals surface area contributed by atoms with Gasteiger partial charge < -0.3 is 5.32 Å². The Bertz CT molecular complexity index is 343. The zero-order valence-corrected chi connectivity index (χ0v) is 13.4. The van der Waals surface area contributed by atoms with Gasteiger partial charge >= 0.3 is 0 Å². The van der Waals surface area contributed by atoms with Gasteiger partial charge in [0.05, 0.1) is 5.25 Å². The van der Waals surface area contributed by atoms with Gasteiger partial charge in [0, 0.05) is 12.6 Å². The molecule has 0 amide bonds. The third kappa shape index (κ3) is 5.40. The first-order chi connectivity index (χ1) is 9.01. The summed E-state index contributed by atoms with van der Waals surface area (Å²) >= 11 is 0. The van der Waals surface area contributed by atoms with E-state index in [1.165, 1.54) is 6.42 Å². The van der Waals surface area contributed by atoms with Crippen molar-refractivity contribution in [2.45, 2.75) is 70.6 Å². The summed E-state index contributed by atoms with van der Waals surface area (Å²) in [6.45, 7) is 7.43. The summed E-state index contributed by atoms with van der Waals surface area (Å²) < 4.78 is 27.6. The van der Waals surface area contributed by atoms with Gasteiger partial charge in [-0.15, -0.1) is 0 Å². The van der Waals surface area contributed by atoms with Gasteiger partial charge in [0.15, 0.2) is 0 Å². The van der Waals surface area contributed by atoms with Gasteiger partial charge in [-0.05, 0) is 38.6 Å². The van der Waals surface area contributed by atoms with Crippen LogP contribution in [0.25, 0.3) is 0 Å². The summed E-state index contributed by atoms with van der Waals surface area (Å²) in [5.41, 5.74) is 0. The van der Waals surface area contributed by atoms with E-state index < -0.39 is 10.0 Å². The van der Waals surface area contributed by atoms with E-state index in [4.69, 9.17) is 0 Å². The number of hydrogen-bond acceptors (Lipinski definition) is 3. The Balaban J connectivity index is 2.52. The average Bonchev–Trinajstić information content (AvgIpc) is 2.39. The van der Waals surface area contributed by atoms with Gasteiger partial charge in [0.1, 0.15) is 0 Å². The van der Waals surface area contributed by atoms with E-state index in [0.29, 0.717) is 12.5 Å². The number of hydrogen-bond donors (Lipinski definition) is 2. The van der Waals surface area contributed by atoms with Crippen LogP contribution in [-0.2, 0) is 10.0 Å². The van der Waals surface area contributed by atoms with E-state index in [0.717, 1.165) is 38.6 Å². The van der Waals surface area contributed by atoms with Crippen LogP contribution >= 0.6 is 0 Å². The van der Waals surface area contributed by atoms with Crippen LogP contribution in [0.4, 0.5) is 0 Å². The van der Waals surface area contributed by atoms with Crippen molar-refractivity contribution in [1.82, 2.24) is 10.0 Å². The lowest BCUT2D eigenvalue weighted by atomic mass is 9.83. The molecule has 1 aliphatic rings. The molecule has 3 atom stereocenters. The van der Waals surface area contributed by atoms with E-state index in [1.54, 1.807) is 6.92 Å². The van der Waals surface area contributed by atoms with Crippen LogP contribution in [0, 0.1) is 5.92 Å². The molecule has 0 aromatic heterocycles. The minimum absolute atomic E-state index is 0.150. The van der Waals surface area contributed by atoms with Crippen molar-refractivity contribution in [3.05, 3.63) is 0 Å². The highest BCUT2D eigenvalue weighted by Gasteiger charge is 2.30. The molecule has 1 saturated carbocycles. The third-order valence-corrected chi connectivity index (χ3v) is 5.99. The molecule has 2 N–H and O–H groups in total. The van der Waals surface area contributed by atoms with Crippen LogP contribution < -0.4 is 10.0 Å². The zero-order chi connectivity index (χ0) is 14.3. The zero-order valence-electron chi connectivity index (χ0n) is 12.6. The Morgan fingerprint density at radius 2 is 1.89 bits per heavy atom. The minimum atomic E-state index is -3.20. The first-order valence-corrected chi connectivity index (χ1v) is 9.27. The minimum Gasteiger partial charge on any atom is -0.315 e. The molecule has 1 fully saturated rings. The largest absolute Gasteiger partial charge is 0.315 e. The molecule has 0 aromatic carbocycles. The first kappa shape index (κ1) is 16.9. The first-order valence-electron chi connectivity index (χ1n) is 7.73. The molecule has 0 aliphatic heterocycles. The maximum atomic E-state index is 12.3. The fourth-order valence-corrected chi connectivity index (χ4v) is 4.07. The second kappa shape index (κ2) is 8.22. The highest BCUT2D eigenvalue weighted by molar-refractivity contribution is 7.90. The van der Waals surface area contributed by atoms with E-state index in [1.807, 2.05) is 0 Å². The maximum Gasteiger partial charge on any atom is 0.215 e. The lowest BCUT2D eigenvalue weighted by Crippen LogP contribution is -2.47. The molecular formula is C14H30N2O2S. The summed E-state index contributed by atoms with van der Waals surface area (Å²) in [4.78, 5) is 0. The quantitative estimate of drug-likeness (QED) is 0.674. The molecule has 19 heavy (non-hydrogen) atoms. The van der Waals surface area contributed by atoms with Crippen molar-refractivity contribution in [1.29, 1.82) is 0 Å². The molecule has 0 saturated heterocycles. The predicted molar refractivity (Wildman–Crippen MR) is 80.7 cm³/mol. The molecular weight excluding hydrogens is 260 g/mol. The van der Waals surface area contributed by atoms with Crippen LogP contribution in [0.5, 0.6) is 0 Å². The van der Waals surface area contributed by atoms with Crippen LogP contribution in [0.3, 0.4) is 0 Å². The molecule has 0 bridgehead atoms. The molecule has 0 heterocycles. The average molecular weight is 290 g/mol. The molecule has 114 valence electrons. The van der Waals surface area contributed by atoms with Gasteiger partial charge in [0.25, 0.3) is 0 Å². The van der Waals surface area contributed by atoms with Gasteiger partial charge in [-0.3, -0.25) is 0 Å². The number of sulfonamides is 1. The van der Waals surface area contributed by atoms with Crippen molar-refractivity contribution in [3.63, 3.8) is 0 Å². The van der Waals surface area contributed by atoms with Gasteiger partial charge in [0.2, 0.25) is 10.0 Å². The number of nitrogens with one attached hydrogen (secondary N) is 2. The summed E-state index contributed by atoms with van der Waals surface area (Å²) in [5, 5.41) is 2.82. The summed E-state index contributed by atoms with van der Waals surface area (Å²) in [6.07, 6.45) is 6.63. The Hall–Kier alpha value is -0.130. The van der Waals surface area contributed by atoms with E-state index in [2.05, 4.69) is 23.9 Å². The smallest absolute Gasteiger partial charge is 0.215 e. The van der Waals surface area contributed by atoms with Gasteiger partial charge in [-0.25, -0.2) is 13.1 Å². The third-order valence-electron chi connectivity index (χ3n) is 4.14. The SMILES string of the molecule is CCCNCC(C)S(=O)(=O)NC1CCCCC1CC. The molecule has 1 rings (SSSR count). The summed E-state index contributed by atoms with van der Waals surface area (Å²) in [5.74, 6) is 0.513. The van der Waals surface area contributed by atoms with Gasteiger partial charge in [-0.2, -0.15) is 0 Å². The molecule has 5 heteroatoms. The van der Waals surface area contributed by atoms with Crippen molar-refractivity contribution in [3.8, 4) is 0 Å². The van der Waals surface area contributed by atoms with Crippen LogP contribution in [0.2, 0.25) is 0 Å². The van der Waals surface area contributed by atoms with E-state index >= 15 is 0 Å². The highest BCUT2D eigenvalue weighted by atomic mass is 32.2. The monoisotopic (exact) mass is 290 g/mol. The lowest BCUT2D eigenvalue weighted by molar-refractivity contribution is 0.281. The van der Waals surface area contributed by atoms with E-state index in [9.17, 15) is 8.42 Å². The van der Waals surface area contributed by atoms with Gasteiger partial charge in [-0.1, -0.05) is 33.1 Å². The predicted octanol–water partition coefficient (Wildman–Crippen LogP) is 2.26. The summed E-state index contributed by atoms with van der Waals surface area (Å²) in [7, 11) is -3.20. The van der Waals surface area contributed by atoms with Crippen molar-refractivity contribution >= 4 is 10.0 Å². The van der Waals surface area contributed by atoms with Crippen LogP contribution in [-0.4, -0.2) is 32.8 Å². The standard InChI is InChI=1S/C14H30N2O2S/c1-4-10-15-11-12(3)19(17,18)16-14-9-7-6-8-13(14)5-2/h12-16H,4-11H2,1-3H3. The molecule has 4 nitrogen and oxygen atoms in total. The van der Waals surface area contributed by atoms with Crippen LogP contribution in [0.15, 0.2) is 0 Å². The normalized spacial score (nSPS) is 26.3. The molecule has 3 unspecified atom stereocenters. The fourth-order valence-electron chi connectivity index (χ4n) is 2.77. The maximum absolute atomic E-state index is 12.3. The second-order valence-corrected chi connectivity index (χ2v) is 7.87. The Morgan fingerprint density at radius 3 is 2.53 bits per heavy atom. The molecule has 0 spiro atoms. The Morgan fingerprint density at radius 1 is 1.21 bits per heavy atom. The highest BCUT2D eigenvalue weighted by Crippen LogP contribution is 2.27. The molecule has 0 radical (unpaired) electrons. The topological polar surface area (TPSA) is 58.2 Å². The van der Waals surface area contributed by atoms with Crippen molar-refractivity contribution in [2.24, 2.45) is 5.92 Å². The number of rotatable bonds is 8. The fraction of sp³-hybridized carbons (Fsp3) is 1.00. The summed E-state index contributed by atoms with van der Waals surface area (Å²) in [6, 6.07) is 0.150. The molecule has 0 aromatic rings. The van der Waals surface area contributed by atoms with E-state index in [-0.39, 0.29) is 11.3 Å². The lowest BCUT2D eigenvalue weighted by Gasteiger charge is -2.32. The molecule has 1 aliphatic carbocycles. The van der Waals surface area contributed by atoms with Crippen molar-refractivity contribution < 1.29 is 8.42 Å². The Labute approximate surface area is 118 Å². The van der Waals surface area contributed by atoms with Crippen LogP contribution in [0.1, 0.15) is 59.3 Å². The Kier molecular flexibility index (Phi) is 7.32.